The van der Waals surface area contributed by atoms with Crippen LogP contribution in [0.5, 0.6) is 0 Å². The summed E-state index contributed by atoms with van der Waals surface area (Å²) >= 11 is 0. The van der Waals surface area contributed by atoms with Gasteiger partial charge in [0.2, 0.25) is 0 Å². The zero-order valence-corrected chi connectivity index (χ0v) is 21.8. The lowest BCUT2D eigenvalue weighted by atomic mass is 10.0. The van der Waals surface area contributed by atoms with Gasteiger partial charge in [0.15, 0.2) is 0 Å². The summed E-state index contributed by atoms with van der Waals surface area (Å²) in [5.74, 6) is 0.419. The zero-order chi connectivity index (χ0) is 28.3. The van der Waals surface area contributed by atoms with E-state index in [0.717, 1.165) is 36.0 Å². The van der Waals surface area contributed by atoms with Crippen molar-refractivity contribution in [2.75, 3.05) is 49.6 Å². The van der Waals surface area contributed by atoms with Gasteiger partial charge in [0.25, 0.3) is 0 Å². The molecule has 1 fully saturated rings. The number of nitrogen functional groups attached to an aromatic ring is 1. The number of alkyl halides is 3. The molecule has 0 unspecified atom stereocenters. The van der Waals surface area contributed by atoms with E-state index in [1.165, 1.54) is 12.1 Å². The van der Waals surface area contributed by atoms with E-state index in [-0.39, 0.29) is 17.8 Å². The SMILES string of the molecule is CN1CCN(Cc2ccc(NC(=O)Nc3ccc(-c4cnn(-c5ccc(N)nc5)c4)cc3)cc2C(F)(F)F)CC1. The second kappa shape index (κ2) is 11.4. The highest BCUT2D eigenvalue weighted by atomic mass is 19.4. The van der Waals surface area contributed by atoms with E-state index in [4.69, 9.17) is 5.73 Å². The van der Waals surface area contributed by atoms with Crippen LogP contribution in [0.3, 0.4) is 0 Å². The van der Waals surface area contributed by atoms with Gasteiger partial charge in [-0.2, -0.15) is 18.3 Å². The Balaban J connectivity index is 1.22. The molecule has 208 valence electrons. The van der Waals surface area contributed by atoms with E-state index in [1.54, 1.807) is 35.3 Å². The highest BCUT2D eigenvalue weighted by Crippen LogP contribution is 2.34. The summed E-state index contributed by atoms with van der Waals surface area (Å²) in [6.45, 7) is 3.24. The maximum Gasteiger partial charge on any atom is 0.416 e. The molecule has 1 aliphatic heterocycles. The highest BCUT2D eigenvalue weighted by Gasteiger charge is 2.34. The number of pyridine rings is 1. The lowest BCUT2D eigenvalue weighted by Crippen LogP contribution is -2.44. The smallest absolute Gasteiger partial charge is 0.384 e. The van der Waals surface area contributed by atoms with Crippen molar-refractivity contribution in [3.8, 4) is 16.8 Å². The molecule has 5 rings (SSSR count). The van der Waals surface area contributed by atoms with Crippen molar-refractivity contribution in [1.29, 1.82) is 0 Å². The maximum absolute atomic E-state index is 13.9. The van der Waals surface area contributed by atoms with E-state index in [9.17, 15) is 18.0 Å². The number of aromatic nitrogens is 3. The molecule has 1 saturated heterocycles. The van der Waals surface area contributed by atoms with Crippen molar-refractivity contribution in [2.45, 2.75) is 12.7 Å². The number of carbonyl (C=O) groups excluding carboxylic acids is 1. The van der Waals surface area contributed by atoms with Crippen LogP contribution in [0.25, 0.3) is 16.8 Å². The van der Waals surface area contributed by atoms with Gasteiger partial charge in [0.05, 0.1) is 23.6 Å². The molecule has 3 heterocycles. The third-order valence-electron chi connectivity index (χ3n) is 6.76. The van der Waals surface area contributed by atoms with Gasteiger partial charge in [-0.25, -0.2) is 14.5 Å². The van der Waals surface area contributed by atoms with Crippen molar-refractivity contribution in [1.82, 2.24) is 24.6 Å². The topological polar surface area (TPSA) is 104 Å². The van der Waals surface area contributed by atoms with Gasteiger partial charge in [-0.15, -0.1) is 0 Å². The average molecular weight is 551 g/mol. The number of nitrogens with zero attached hydrogens (tertiary/aromatic N) is 5. The summed E-state index contributed by atoms with van der Waals surface area (Å²) in [5.41, 5.74) is 8.10. The summed E-state index contributed by atoms with van der Waals surface area (Å²) in [7, 11) is 2.00. The molecule has 2 amide bonds. The second-order valence-electron chi connectivity index (χ2n) is 9.72. The summed E-state index contributed by atoms with van der Waals surface area (Å²) < 4.78 is 43.2. The number of nitrogens with two attached hydrogens (primary N) is 1. The van der Waals surface area contributed by atoms with Crippen molar-refractivity contribution in [3.63, 3.8) is 0 Å². The van der Waals surface area contributed by atoms with E-state index in [1.807, 2.05) is 36.3 Å². The van der Waals surface area contributed by atoms with Crippen LogP contribution in [0.4, 0.5) is 35.2 Å². The van der Waals surface area contributed by atoms with Crippen molar-refractivity contribution >= 4 is 23.2 Å². The van der Waals surface area contributed by atoms with Gasteiger partial charge >= 0.3 is 12.2 Å². The van der Waals surface area contributed by atoms with E-state index in [2.05, 4.69) is 25.6 Å². The number of hydrogen-bond acceptors (Lipinski definition) is 6. The number of amides is 2. The third-order valence-corrected chi connectivity index (χ3v) is 6.76. The number of nitrogens with one attached hydrogen (secondary N) is 2. The maximum atomic E-state index is 13.9. The number of carbonyl (C=O) groups is 1. The molecule has 0 atom stereocenters. The minimum absolute atomic E-state index is 0.0631. The number of anilines is 3. The molecule has 0 bridgehead atoms. The molecule has 0 aliphatic carbocycles. The van der Waals surface area contributed by atoms with Crippen LogP contribution in [0.1, 0.15) is 11.1 Å². The number of urea groups is 1. The molecule has 1 aliphatic rings. The zero-order valence-electron chi connectivity index (χ0n) is 21.8. The summed E-state index contributed by atoms with van der Waals surface area (Å²) in [6, 6.07) is 13.8. The Hall–Kier alpha value is -4.42. The van der Waals surface area contributed by atoms with Gasteiger partial charge in [0.1, 0.15) is 5.82 Å². The van der Waals surface area contributed by atoms with Crippen molar-refractivity contribution < 1.29 is 18.0 Å². The normalized spacial score (nSPS) is 14.7. The van der Waals surface area contributed by atoms with Gasteiger partial charge < -0.3 is 21.3 Å². The molecule has 2 aromatic heterocycles. The second-order valence-corrected chi connectivity index (χ2v) is 9.72. The lowest BCUT2D eigenvalue weighted by Gasteiger charge is -2.33. The Bertz CT molecular complexity index is 1460. The fraction of sp³-hybridized carbons (Fsp3) is 0.250. The van der Waals surface area contributed by atoms with E-state index >= 15 is 0 Å². The first-order valence-electron chi connectivity index (χ1n) is 12.7. The molecule has 4 aromatic rings. The lowest BCUT2D eigenvalue weighted by molar-refractivity contribution is -0.138. The molecule has 9 nitrogen and oxygen atoms in total. The summed E-state index contributed by atoms with van der Waals surface area (Å²) in [6.07, 6.45) is 0.631. The predicted molar refractivity (Wildman–Crippen MR) is 148 cm³/mol. The molecule has 2 aromatic carbocycles. The minimum atomic E-state index is -4.54. The molecular weight excluding hydrogens is 521 g/mol. The predicted octanol–water partition coefficient (Wildman–Crippen LogP) is 4.93. The van der Waals surface area contributed by atoms with Gasteiger partial charge in [-0.3, -0.25) is 4.90 Å². The largest absolute Gasteiger partial charge is 0.416 e. The van der Waals surface area contributed by atoms with Gasteiger partial charge in [-0.05, 0) is 54.6 Å². The summed E-state index contributed by atoms with van der Waals surface area (Å²) in [4.78, 5) is 20.8. The van der Waals surface area contributed by atoms with Gasteiger partial charge in [0, 0.05) is 55.9 Å². The Kier molecular flexibility index (Phi) is 7.71. The number of likely N-dealkylation sites (N-methyl/N-ethyl adjacent to an activating group) is 1. The molecule has 4 N–H and O–H groups in total. The minimum Gasteiger partial charge on any atom is -0.384 e. The average Bonchev–Trinajstić information content (AvgIpc) is 3.41. The van der Waals surface area contributed by atoms with Crippen LogP contribution >= 0.6 is 0 Å². The van der Waals surface area contributed by atoms with Crippen LogP contribution in [0.15, 0.2) is 73.2 Å². The highest BCUT2D eigenvalue weighted by molar-refractivity contribution is 6.00. The monoisotopic (exact) mass is 550 g/mol. The van der Waals surface area contributed by atoms with Crippen LogP contribution in [0.2, 0.25) is 0 Å². The number of rotatable bonds is 6. The van der Waals surface area contributed by atoms with Crippen molar-refractivity contribution in [3.05, 3.63) is 84.3 Å². The first-order chi connectivity index (χ1) is 19.1. The van der Waals surface area contributed by atoms with Crippen LogP contribution < -0.4 is 16.4 Å². The fourth-order valence-electron chi connectivity index (χ4n) is 4.49. The third kappa shape index (κ3) is 6.58. The standard InChI is InChI=1S/C28H29F3N8O/c1-37-10-12-38(13-11-37)17-20-4-7-23(14-25(20)28(29,30)31)36-27(40)35-22-5-2-19(3-6-22)21-15-34-39(18-21)24-8-9-26(32)33-16-24/h2-9,14-16,18H,10-13,17H2,1H3,(H2,32,33)(H2,35,36,40). The number of benzene rings is 2. The molecule has 40 heavy (non-hydrogen) atoms. The molecule has 0 saturated carbocycles. The van der Waals surface area contributed by atoms with E-state index in [0.29, 0.717) is 24.6 Å². The number of piperazine rings is 1. The summed E-state index contributed by atoms with van der Waals surface area (Å²) in [5, 5.41) is 9.52. The molecule has 0 radical (unpaired) electrons. The van der Waals surface area contributed by atoms with Crippen molar-refractivity contribution in [2.24, 2.45) is 0 Å². The Morgan fingerprint density at radius 2 is 1.62 bits per heavy atom. The molecule has 12 heteroatoms. The number of halogens is 3. The number of hydrogen-bond donors (Lipinski definition) is 3. The molecular formula is C28H29F3N8O. The quantitative estimate of drug-likeness (QED) is 0.315. The van der Waals surface area contributed by atoms with Crippen LogP contribution in [-0.4, -0.2) is 63.8 Å². The van der Waals surface area contributed by atoms with Gasteiger partial charge in [-0.1, -0.05) is 18.2 Å². The fourth-order valence-corrected chi connectivity index (χ4v) is 4.49. The first-order valence-corrected chi connectivity index (χ1v) is 12.7. The Morgan fingerprint density at radius 1 is 0.925 bits per heavy atom. The Morgan fingerprint density at radius 3 is 2.30 bits per heavy atom. The first kappa shape index (κ1) is 27.2. The van der Waals surface area contributed by atoms with Crippen LogP contribution in [-0.2, 0) is 12.7 Å². The van der Waals surface area contributed by atoms with Crippen LogP contribution in [0, 0.1) is 0 Å². The Labute approximate surface area is 229 Å². The van der Waals surface area contributed by atoms with E-state index < -0.39 is 17.8 Å². The molecule has 0 spiro atoms.